The fourth-order valence-corrected chi connectivity index (χ4v) is 6.93. The van der Waals surface area contributed by atoms with Gasteiger partial charge in [0, 0.05) is 29.0 Å². The van der Waals surface area contributed by atoms with Gasteiger partial charge in [0.2, 0.25) is 0 Å². The molecule has 0 saturated heterocycles. The van der Waals surface area contributed by atoms with Gasteiger partial charge in [0.15, 0.2) is 6.10 Å². The topological polar surface area (TPSA) is 91.9 Å². The van der Waals surface area contributed by atoms with Gasteiger partial charge in [-0.1, -0.05) is 65.3 Å². The minimum atomic E-state index is -0.811. The molecule has 0 bridgehead atoms. The summed E-state index contributed by atoms with van der Waals surface area (Å²) in [6.45, 7) is 2.85. The van der Waals surface area contributed by atoms with Gasteiger partial charge in [0.25, 0.3) is 5.91 Å². The molecule has 4 N–H and O–H groups in total. The predicted octanol–water partition coefficient (Wildman–Crippen LogP) is 5.70. The molecular formula is C34H40BrN3O4. The summed E-state index contributed by atoms with van der Waals surface area (Å²) in [5, 5.41) is 21.7. The summed E-state index contributed by atoms with van der Waals surface area (Å²) in [5.74, 6) is 1.34. The van der Waals surface area contributed by atoms with Gasteiger partial charge < -0.3 is 30.5 Å². The minimum absolute atomic E-state index is 0.0720. The molecule has 1 spiro atoms. The Kier molecular flexibility index (Phi) is 8.75. The molecule has 42 heavy (non-hydrogen) atoms. The zero-order valence-corrected chi connectivity index (χ0v) is 25.7. The molecule has 1 fully saturated rings. The van der Waals surface area contributed by atoms with Crippen molar-refractivity contribution in [1.82, 2.24) is 10.6 Å². The lowest BCUT2D eigenvalue weighted by molar-refractivity contribution is -0.129. The van der Waals surface area contributed by atoms with Crippen LogP contribution in [0.25, 0.3) is 0 Å². The smallest absolute Gasteiger partial charge is 0.263 e. The maximum Gasteiger partial charge on any atom is 0.263 e. The molecule has 3 aromatic rings. The van der Waals surface area contributed by atoms with Gasteiger partial charge >= 0.3 is 0 Å². The number of carbonyl (C=O) groups is 1. The fourth-order valence-electron chi connectivity index (χ4n) is 6.57. The molecule has 222 valence electrons. The Morgan fingerprint density at radius 1 is 1.07 bits per heavy atom. The summed E-state index contributed by atoms with van der Waals surface area (Å²) in [4.78, 5) is 13.5. The molecule has 2 heterocycles. The van der Waals surface area contributed by atoms with E-state index in [2.05, 4.69) is 57.0 Å². The number of nitrogens with one attached hydrogen (secondary N) is 3. The average Bonchev–Trinajstić information content (AvgIpc) is 3.46. The van der Waals surface area contributed by atoms with E-state index < -0.39 is 18.2 Å². The SMILES string of the molecule is CCc1ccc2c(c1)[C@@H](NC[C@@H](O)[C@H](Cc1ccccc1)NC(=O)C1CNc3cc(Br)ccc3O1)CC1(CCCC1)O2. The highest BCUT2D eigenvalue weighted by molar-refractivity contribution is 9.10. The molecule has 0 aromatic heterocycles. The van der Waals surface area contributed by atoms with Crippen LogP contribution < -0.4 is 25.4 Å². The van der Waals surface area contributed by atoms with E-state index in [9.17, 15) is 9.90 Å². The number of amides is 1. The van der Waals surface area contributed by atoms with Crippen molar-refractivity contribution in [2.45, 2.75) is 81.8 Å². The van der Waals surface area contributed by atoms with Gasteiger partial charge in [-0.25, -0.2) is 0 Å². The van der Waals surface area contributed by atoms with Gasteiger partial charge in [-0.05, 0) is 73.9 Å². The third-order valence-electron chi connectivity index (χ3n) is 8.92. The van der Waals surface area contributed by atoms with E-state index in [-0.39, 0.29) is 17.6 Å². The van der Waals surface area contributed by atoms with Crippen molar-refractivity contribution < 1.29 is 19.4 Å². The summed E-state index contributed by atoms with van der Waals surface area (Å²) >= 11 is 3.48. The number of aliphatic hydroxyl groups is 1. The lowest BCUT2D eigenvalue weighted by Crippen LogP contribution is -2.54. The van der Waals surface area contributed by atoms with Crippen LogP contribution in [0.15, 0.2) is 71.2 Å². The number of aliphatic hydroxyl groups excluding tert-OH is 1. The van der Waals surface area contributed by atoms with Crippen LogP contribution in [0.4, 0.5) is 5.69 Å². The van der Waals surface area contributed by atoms with Crippen LogP contribution >= 0.6 is 15.9 Å². The highest BCUT2D eigenvalue weighted by Crippen LogP contribution is 2.47. The Balaban J connectivity index is 1.17. The third kappa shape index (κ3) is 6.46. The van der Waals surface area contributed by atoms with E-state index in [4.69, 9.17) is 9.47 Å². The van der Waals surface area contributed by atoms with Crippen LogP contribution in [-0.4, -0.2) is 48.0 Å². The molecule has 8 heteroatoms. The summed E-state index contributed by atoms with van der Waals surface area (Å²) in [6.07, 6.45) is 5.32. The number of hydrogen-bond acceptors (Lipinski definition) is 6. The Morgan fingerprint density at radius 2 is 1.86 bits per heavy atom. The number of carbonyl (C=O) groups excluding carboxylic acids is 1. The number of halogens is 1. The standard InChI is InChI=1S/C34H40BrN3O4/c1-2-22-10-12-30-25(16-22)28(19-34(42-30)14-6-7-15-34)36-20-29(39)26(17-23-8-4-3-5-9-23)38-33(40)32-21-37-27-18-24(35)11-13-31(27)41-32/h3-5,8-13,16,18,26,28-29,32,36-37,39H,2,6-7,14-15,17,19-21H2,1H3,(H,38,40)/t26-,28-,29+,32?/m0/s1. The van der Waals surface area contributed by atoms with Crippen molar-refractivity contribution >= 4 is 27.5 Å². The number of hydrogen-bond donors (Lipinski definition) is 4. The molecule has 3 aliphatic rings. The van der Waals surface area contributed by atoms with E-state index in [1.807, 2.05) is 48.5 Å². The highest BCUT2D eigenvalue weighted by atomic mass is 79.9. The largest absolute Gasteiger partial charge is 0.487 e. The van der Waals surface area contributed by atoms with Gasteiger partial charge in [0.1, 0.15) is 17.1 Å². The zero-order chi connectivity index (χ0) is 29.1. The average molecular weight is 635 g/mol. The Labute approximate surface area is 256 Å². The third-order valence-corrected chi connectivity index (χ3v) is 9.41. The van der Waals surface area contributed by atoms with Crippen LogP contribution in [0, 0.1) is 0 Å². The molecule has 1 unspecified atom stereocenters. The first-order valence-corrected chi connectivity index (χ1v) is 16.0. The second-order valence-electron chi connectivity index (χ2n) is 11.9. The molecule has 2 aliphatic heterocycles. The Morgan fingerprint density at radius 3 is 2.64 bits per heavy atom. The van der Waals surface area contributed by atoms with Gasteiger partial charge in [-0.15, -0.1) is 0 Å². The normalized spacial score (nSPS) is 21.7. The van der Waals surface area contributed by atoms with E-state index in [1.54, 1.807) is 0 Å². The highest BCUT2D eigenvalue weighted by Gasteiger charge is 2.43. The molecule has 3 aromatic carbocycles. The number of rotatable bonds is 9. The summed E-state index contributed by atoms with van der Waals surface area (Å²) in [6, 6.07) is 21.7. The quantitative estimate of drug-likeness (QED) is 0.242. The van der Waals surface area contributed by atoms with Crippen LogP contribution in [0.2, 0.25) is 0 Å². The maximum absolute atomic E-state index is 13.5. The van der Waals surface area contributed by atoms with Gasteiger partial charge in [-0.2, -0.15) is 0 Å². The Bertz CT molecular complexity index is 1390. The van der Waals surface area contributed by atoms with Crippen molar-refractivity contribution in [3.8, 4) is 11.5 Å². The second-order valence-corrected chi connectivity index (χ2v) is 12.8. The number of benzene rings is 3. The first-order chi connectivity index (χ1) is 20.4. The molecule has 4 atom stereocenters. The lowest BCUT2D eigenvalue weighted by atomic mass is 9.85. The van der Waals surface area contributed by atoms with Gasteiger partial charge in [0.05, 0.1) is 24.4 Å². The minimum Gasteiger partial charge on any atom is -0.487 e. The predicted molar refractivity (Wildman–Crippen MR) is 168 cm³/mol. The van der Waals surface area contributed by atoms with E-state index in [0.29, 0.717) is 25.3 Å². The number of fused-ring (bicyclic) bond motifs is 2. The van der Waals surface area contributed by atoms with Crippen LogP contribution in [0.3, 0.4) is 0 Å². The first kappa shape index (κ1) is 29.0. The molecule has 6 rings (SSSR count). The fraction of sp³-hybridized carbons (Fsp3) is 0.441. The van der Waals surface area contributed by atoms with Crippen LogP contribution in [0.5, 0.6) is 11.5 Å². The molecule has 7 nitrogen and oxygen atoms in total. The van der Waals surface area contributed by atoms with Crippen molar-refractivity contribution in [3.63, 3.8) is 0 Å². The molecule has 1 aliphatic carbocycles. The molecular weight excluding hydrogens is 594 g/mol. The van der Waals surface area contributed by atoms with Crippen molar-refractivity contribution in [1.29, 1.82) is 0 Å². The summed E-state index contributed by atoms with van der Waals surface area (Å²) < 4.78 is 13.6. The van der Waals surface area contributed by atoms with Crippen molar-refractivity contribution in [2.24, 2.45) is 0 Å². The first-order valence-electron chi connectivity index (χ1n) is 15.2. The van der Waals surface area contributed by atoms with Crippen LogP contribution in [-0.2, 0) is 17.6 Å². The lowest BCUT2D eigenvalue weighted by Gasteiger charge is -2.41. The van der Waals surface area contributed by atoms with E-state index in [0.717, 1.165) is 52.7 Å². The van der Waals surface area contributed by atoms with Crippen molar-refractivity contribution in [2.75, 3.05) is 18.4 Å². The number of aryl methyl sites for hydroxylation is 1. The van der Waals surface area contributed by atoms with E-state index >= 15 is 0 Å². The van der Waals surface area contributed by atoms with Crippen molar-refractivity contribution in [3.05, 3.63) is 87.9 Å². The summed E-state index contributed by atoms with van der Waals surface area (Å²) in [5.41, 5.74) is 4.19. The molecule has 1 saturated carbocycles. The van der Waals surface area contributed by atoms with Crippen LogP contribution in [0.1, 0.15) is 61.8 Å². The monoisotopic (exact) mass is 633 g/mol. The molecule has 0 radical (unpaired) electrons. The number of anilines is 1. The van der Waals surface area contributed by atoms with E-state index in [1.165, 1.54) is 18.4 Å². The van der Waals surface area contributed by atoms with Gasteiger partial charge in [-0.3, -0.25) is 4.79 Å². The number of ether oxygens (including phenoxy) is 2. The second kappa shape index (κ2) is 12.7. The Hall–Kier alpha value is -3.07. The zero-order valence-electron chi connectivity index (χ0n) is 24.1. The maximum atomic E-state index is 13.5. The summed E-state index contributed by atoms with van der Waals surface area (Å²) in [7, 11) is 0. The molecule has 1 amide bonds.